The number of nitrogens with zero attached hydrogens (tertiary/aromatic N) is 2. The van der Waals surface area contributed by atoms with E-state index in [4.69, 9.17) is 9.57 Å². The van der Waals surface area contributed by atoms with E-state index in [0.29, 0.717) is 29.8 Å². The number of aromatic nitrogens is 2. The molecule has 0 fully saturated rings. The quantitative estimate of drug-likeness (QED) is 0.471. The molecule has 0 radical (unpaired) electrons. The lowest BCUT2D eigenvalue weighted by Gasteiger charge is -2.18. The number of carbonyl (C=O) groups is 1. The van der Waals surface area contributed by atoms with Crippen molar-refractivity contribution < 1.29 is 18.8 Å². The molecule has 8 nitrogen and oxygen atoms in total. The van der Waals surface area contributed by atoms with Gasteiger partial charge >= 0.3 is 0 Å². The first-order chi connectivity index (χ1) is 15.6. The molecular weight excluding hydrogens is 427 g/mol. The molecule has 1 unspecified atom stereocenters. The maximum Gasteiger partial charge on any atom is 0.271 e. The number of methoxy groups -OCH3 is 1. The van der Waals surface area contributed by atoms with Crippen LogP contribution in [0.4, 0.5) is 4.39 Å². The number of hydrogen-bond donors (Lipinski definition) is 2. The van der Waals surface area contributed by atoms with Gasteiger partial charge in [0, 0.05) is 18.0 Å². The van der Waals surface area contributed by atoms with E-state index < -0.39 is 0 Å². The Morgan fingerprint density at radius 2 is 1.88 bits per heavy atom. The SMILES string of the molecule is COc1ccc(F)cc1CCc1cc(C(C)NOC(C)C)c(=O)n(CCNC(=O)C(C)C)n1. The fourth-order valence-electron chi connectivity index (χ4n) is 3.20. The van der Waals surface area contributed by atoms with Gasteiger partial charge in [0.2, 0.25) is 5.91 Å². The van der Waals surface area contributed by atoms with E-state index in [2.05, 4.69) is 15.9 Å². The molecule has 0 aliphatic rings. The lowest BCUT2D eigenvalue weighted by atomic mass is 10.0. The van der Waals surface area contributed by atoms with Crippen molar-refractivity contribution in [3.8, 4) is 5.75 Å². The zero-order chi connectivity index (χ0) is 24.5. The lowest BCUT2D eigenvalue weighted by Crippen LogP contribution is -2.37. The van der Waals surface area contributed by atoms with E-state index in [1.807, 2.05) is 20.8 Å². The monoisotopic (exact) mass is 462 g/mol. The summed E-state index contributed by atoms with van der Waals surface area (Å²) >= 11 is 0. The Morgan fingerprint density at radius 3 is 2.52 bits per heavy atom. The molecule has 1 heterocycles. The molecule has 2 aromatic rings. The van der Waals surface area contributed by atoms with Gasteiger partial charge in [0.25, 0.3) is 5.56 Å². The van der Waals surface area contributed by atoms with Gasteiger partial charge < -0.3 is 10.1 Å². The maximum atomic E-state index is 13.7. The van der Waals surface area contributed by atoms with Crippen LogP contribution in [0.25, 0.3) is 0 Å². The lowest BCUT2D eigenvalue weighted by molar-refractivity contribution is -0.124. The number of aryl methyl sites for hydroxylation is 2. The van der Waals surface area contributed by atoms with Crippen LogP contribution in [0, 0.1) is 11.7 Å². The van der Waals surface area contributed by atoms with Gasteiger partial charge in [-0.25, -0.2) is 9.07 Å². The molecule has 1 aromatic carbocycles. The van der Waals surface area contributed by atoms with E-state index in [0.717, 1.165) is 5.56 Å². The summed E-state index contributed by atoms with van der Waals surface area (Å²) < 4.78 is 20.4. The fourth-order valence-corrected chi connectivity index (χ4v) is 3.20. The Bertz CT molecular complexity index is 991. The molecule has 0 bridgehead atoms. The molecule has 9 heteroatoms. The summed E-state index contributed by atoms with van der Waals surface area (Å²) in [5, 5.41) is 7.30. The Hall–Kier alpha value is -2.78. The van der Waals surface area contributed by atoms with Crippen LogP contribution >= 0.6 is 0 Å². The Balaban J connectivity index is 2.28. The zero-order valence-electron chi connectivity index (χ0n) is 20.3. The molecular formula is C24H35FN4O4. The molecule has 182 valence electrons. The second kappa shape index (κ2) is 12.5. The van der Waals surface area contributed by atoms with Crippen LogP contribution in [0.1, 0.15) is 57.5 Å². The molecule has 33 heavy (non-hydrogen) atoms. The predicted octanol–water partition coefficient (Wildman–Crippen LogP) is 2.94. The molecule has 0 aliphatic heterocycles. The van der Waals surface area contributed by atoms with E-state index in [9.17, 15) is 14.0 Å². The normalized spacial score (nSPS) is 12.3. The van der Waals surface area contributed by atoms with Crippen molar-refractivity contribution in [3.63, 3.8) is 0 Å². The van der Waals surface area contributed by atoms with Gasteiger partial charge in [0.15, 0.2) is 0 Å². The van der Waals surface area contributed by atoms with Gasteiger partial charge in [-0.15, -0.1) is 0 Å². The number of hydrogen-bond acceptors (Lipinski definition) is 6. The van der Waals surface area contributed by atoms with Gasteiger partial charge in [0.1, 0.15) is 11.6 Å². The van der Waals surface area contributed by atoms with E-state index >= 15 is 0 Å². The van der Waals surface area contributed by atoms with E-state index in [1.54, 1.807) is 33.1 Å². The molecule has 0 saturated heterocycles. The first-order valence-corrected chi connectivity index (χ1v) is 11.2. The largest absolute Gasteiger partial charge is 0.496 e. The van der Waals surface area contributed by atoms with Crippen molar-refractivity contribution in [1.29, 1.82) is 0 Å². The third-order valence-electron chi connectivity index (χ3n) is 5.04. The van der Waals surface area contributed by atoms with Crippen LogP contribution in [0.2, 0.25) is 0 Å². The molecule has 1 atom stereocenters. The highest BCUT2D eigenvalue weighted by atomic mass is 19.1. The van der Waals surface area contributed by atoms with Crippen molar-refractivity contribution in [3.05, 3.63) is 57.3 Å². The minimum absolute atomic E-state index is 0.0531. The summed E-state index contributed by atoms with van der Waals surface area (Å²) in [5.41, 5.74) is 4.54. The number of nitrogens with one attached hydrogen (secondary N) is 2. The third kappa shape index (κ3) is 7.94. The van der Waals surface area contributed by atoms with Crippen molar-refractivity contribution in [1.82, 2.24) is 20.6 Å². The number of amides is 1. The van der Waals surface area contributed by atoms with Crippen LogP contribution in [0.3, 0.4) is 0 Å². The first-order valence-electron chi connectivity index (χ1n) is 11.2. The molecule has 2 rings (SSSR count). The second-order valence-electron chi connectivity index (χ2n) is 8.53. The molecule has 2 N–H and O–H groups in total. The molecule has 1 aromatic heterocycles. The van der Waals surface area contributed by atoms with Crippen LogP contribution in [-0.4, -0.2) is 35.4 Å². The van der Waals surface area contributed by atoms with Crippen LogP contribution < -0.4 is 21.1 Å². The summed E-state index contributed by atoms with van der Waals surface area (Å²) in [5.74, 6) is 0.0314. The number of benzene rings is 1. The summed E-state index contributed by atoms with van der Waals surface area (Å²) in [6.45, 7) is 9.75. The van der Waals surface area contributed by atoms with Crippen molar-refractivity contribution in [2.45, 2.75) is 66.2 Å². The highest BCUT2D eigenvalue weighted by Gasteiger charge is 2.17. The minimum atomic E-state index is -0.373. The summed E-state index contributed by atoms with van der Waals surface area (Å²) in [4.78, 5) is 30.4. The number of hydroxylamine groups is 1. The third-order valence-corrected chi connectivity index (χ3v) is 5.04. The number of rotatable bonds is 12. The zero-order valence-corrected chi connectivity index (χ0v) is 20.3. The highest BCUT2D eigenvalue weighted by Crippen LogP contribution is 2.21. The molecule has 0 saturated carbocycles. The summed E-state index contributed by atoms with van der Waals surface area (Å²) in [6.07, 6.45) is 0.908. The van der Waals surface area contributed by atoms with Crippen LogP contribution in [0.15, 0.2) is 29.1 Å². The van der Waals surface area contributed by atoms with Gasteiger partial charge in [0.05, 0.1) is 31.5 Å². The fraction of sp³-hybridized carbons (Fsp3) is 0.542. The Morgan fingerprint density at radius 1 is 1.15 bits per heavy atom. The highest BCUT2D eigenvalue weighted by molar-refractivity contribution is 5.77. The van der Waals surface area contributed by atoms with E-state index in [1.165, 1.54) is 16.8 Å². The number of ether oxygens (including phenoxy) is 1. The van der Waals surface area contributed by atoms with Gasteiger partial charge in [-0.1, -0.05) is 13.8 Å². The first kappa shape index (κ1) is 26.5. The topological polar surface area (TPSA) is 94.5 Å². The number of carbonyl (C=O) groups excluding carboxylic acids is 1. The minimum Gasteiger partial charge on any atom is -0.496 e. The average Bonchev–Trinajstić information content (AvgIpc) is 2.77. The standard InChI is InChI=1S/C24H35FN4O4/c1-15(2)23(30)26-11-12-29-24(31)21(17(5)28-33-16(3)4)14-20(27-29)9-7-18-13-19(25)8-10-22(18)32-6/h8,10,13-17,28H,7,9,11-12H2,1-6H3,(H,26,30). The second-order valence-corrected chi connectivity index (χ2v) is 8.53. The summed E-state index contributed by atoms with van der Waals surface area (Å²) in [6, 6.07) is 5.77. The van der Waals surface area contributed by atoms with Gasteiger partial charge in [-0.3, -0.25) is 14.4 Å². The van der Waals surface area contributed by atoms with Crippen LogP contribution in [-0.2, 0) is 29.0 Å². The molecule has 1 amide bonds. The summed E-state index contributed by atoms with van der Waals surface area (Å²) in [7, 11) is 1.54. The van der Waals surface area contributed by atoms with Crippen molar-refractivity contribution >= 4 is 5.91 Å². The van der Waals surface area contributed by atoms with Crippen molar-refractivity contribution in [2.75, 3.05) is 13.7 Å². The predicted molar refractivity (Wildman–Crippen MR) is 124 cm³/mol. The van der Waals surface area contributed by atoms with Crippen molar-refractivity contribution in [2.24, 2.45) is 5.92 Å². The average molecular weight is 463 g/mol. The number of halogens is 1. The Labute approximate surface area is 194 Å². The van der Waals surface area contributed by atoms with Gasteiger partial charge in [-0.2, -0.15) is 10.6 Å². The van der Waals surface area contributed by atoms with E-state index in [-0.39, 0.29) is 48.4 Å². The molecule has 0 aliphatic carbocycles. The Kier molecular flexibility index (Phi) is 9.99. The van der Waals surface area contributed by atoms with Crippen LogP contribution in [0.5, 0.6) is 5.75 Å². The van der Waals surface area contributed by atoms with Gasteiger partial charge in [-0.05, 0) is 63.4 Å². The molecule has 0 spiro atoms. The smallest absolute Gasteiger partial charge is 0.271 e. The maximum absolute atomic E-state index is 13.7.